The van der Waals surface area contributed by atoms with Crippen LogP contribution in [0.25, 0.3) is 0 Å². The molecule has 0 saturated heterocycles. The molecule has 0 spiro atoms. The number of hydrogen-bond acceptors (Lipinski definition) is 3. The normalized spacial score (nSPS) is 15.4. The van der Waals surface area contributed by atoms with E-state index in [2.05, 4.69) is 5.32 Å². The summed E-state index contributed by atoms with van der Waals surface area (Å²) in [5, 5.41) is 11.4. The zero-order valence-corrected chi connectivity index (χ0v) is 10.8. The average Bonchev–Trinajstić information content (AvgIpc) is 3.22. The lowest BCUT2D eigenvalue weighted by Crippen LogP contribution is -2.42. The number of aliphatic carboxylic acids is 1. The molecule has 1 aliphatic carbocycles. The molecule has 108 valence electrons. The molecule has 1 aliphatic rings. The monoisotopic (exact) mass is 281 g/mol. The fraction of sp³-hybridized carbons (Fsp3) is 0.429. The topological polar surface area (TPSA) is 75.6 Å². The van der Waals surface area contributed by atoms with Crippen LogP contribution in [0.1, 0.15) is 19.3 Å². The first-order valence-corrected chi connectivity index (χ1v) is 6.47. The fourth-order valence-corrected chi connectivity index (χ4v) is 1.87. The fourth-order valence-electron chi connectivity index (χ4n) is 1.87. The van der Waals surface area contributed by atoms with Crippen molar-refractivity contribution in [1.82, 2.24) is 5.32 Å². The Morgan fingerprint density at radius 1 is 1.40 bits per heavy atom. The Hall–Kier alpha value is -2.11. The summed E-state index contributed by atoms with van der Waals surface area (Å²) in [6.07, 6.45) is 1.64. The third kappa shape index (κ3) is 3.94. The summed E-state index contributed by atoms with van der Waals surface area (Å²) in [6, 6.07) is 5.09. The summed E-state index contributed by atoms with van der Waals surface area (Å²) in [5.74, 6) is -1.80. The number of carboxylic acid groups (broad SMARTS) is 1. The van der Waals surface area contributed by atoms with Crippen LogP contribution < -0.4 is 10.1 Å². The second kappa shape index (κ2) is 6.36. The van der Waals surface area contributed by atoms with Gasteiger partial charge in [-0.25, -0.2) is 9.18 Å². The van der Waals surface area contributed by atoms with Crippen LogP contribution in [0, 0.1) is 11.7 Å². The van der Waals surface area contributed by atoms with E-state index in [9.17, 15) is 14.0 Å². The van der Waals surface area contributed by atoms with Gasteiger partial charge < -0.3 is 15.2 Å². The molecule has 0 radical (unpaired) electrons. The Labute approximate surface area is 115 Å². The van der Waals surface area contributed by atoms with E-state index in [1.54, 1.807) is 12.1 Å². The lowest BCUT2D eigenvalue weighted by molar-refractivity contribution is -0.142. The molecule has 0 bridgehead atoms. The predicted molar refractivity (Wildman–Crippen MR) is 68.8 cm³/mol. The zero-order chi connectivity index (χ0) is 14.5. The van der Waals surface area contributed by atoms with Crippen molar-refractivity contribution in [3.63, 3.8) is 0 Å². The number of hydrogen-bond donors (Lipinski definition) is 2. The Morgan fingerprint density at radius 3 is 2.70 bits per heavy atom. The van der Waals surface area contributed by atoms with Crippen LogP contribution >= 0.6 is 0 Å². The summed E-state index contributed by atoms with van der Waals surface area (Å²) in [6.45, 7) is 0.00374. The minimum atomic E-state index is -1.02. The van der Waals surface area contributed by atoms with Crippen molar-refractivity contribution in [2.45, 2.75) is 25.3 Å². The van der Waals surface area contributed by atoms with Gasteiger partial charge in [0.1, 0.15) is 6.04 Å². The van der Waals surface area contributed by atoms with Crippen LogP contribution in [0.5, 0.6) is 5.75 Å². The van der Waals surface area contributed by atoms with E-state index in [-0.39, 0.29) is 24.7 Å². The van der Waals surface area contributed by atoms with Gasteiger partial charge in [0.2, 0.25) is 5.91 Å². The standard InChI is InChI=1S/C14H16FNO4/c15-10-3-1-2-4-11(10)20-8-7-12(17)16-13(14(18)19)9-5-6-9/h1-4,9,13H,5-8H2,(H,16,17)(H,18,19). The minimum absolute atomic E-state index is 0.00374. The highest BCUT2D eigenvalue weighted by atomic mass is 19.1. The molecule has 2 rings (SSSR count). The SMILES string of the molecule is O=C(CCOc1ccccc1F)NC(C(=O)O)C1CC1. The second-order valence-corrected chi connectivity index (χ2v) is 4.75. The smallest absolute Gasteiger partial charge is 0.326 e. The van der Waals surface area contributed by atoms with Gasteiger partial charge in [0.25, 0.3) is 0 Å². The van der Waals surface area contributed by atoms with Gasteiger partial charge in [0.05, 0.1) is 13.0 Å². The van der Waals surface area contributed by atoms with E-state index in [1.807, 2.05) is 0 Å². The molecule has 0 aromatic heterocycles. The number of amides is 1. The van der Waals surface area contributed by atoms with Gasteiger partial charge in [0.15, 0.2) is 11.6 Å². The molecule has 5 nitrogen and oxygen atoms in total. The summed E-state index contributed by atoms with van der Waals surface area (Å²) >= 11 is 0. The number of carboxylic acids is 1. The van der Waals surface area contributed by atoms with Crippen LogP contribution in [0.15, 0.2) is 24.3 Å². The molecule has 2 N–H and O–H groups in total. The third-order valence-corrected chi connectivity index (χ3v) is 3.10. The summed E-state index contributed by atoms with van der Waals surface area (Å²) < 4.78 is 18.4. The van der Waals surface area contributed by atoms with Gasteiger partial charge in [-0.1, -0.05) is 12.1 Å². The number of rotatable bonds is 7. The molecular weight excluding hydrogens is 265 g/mol. The highest BCUT2D eigenvalue weighted by Gasteiger charge is 2.37. The predicted octanol–water partition coefficient (Wildman–Crippen LogP) is 1.57. The maximum Gasteiger partial charge on any atom is 0.326 e. The first-order chi connectivity index (χ1) is 9.58. The van der Waals surface area contributed by atoms with Crippen molar-refractivity contribution in [2.24, 2.45) is 5.92 Å². The van der Waals surface area contributed by atoms with Gasteiger partial charge in [-0.3, -0.25) is 4.79 Å². The number of carbonyl (C=O) groups is 2. The number of benzene rings is 1. The molecule has 6 heteroatoms. The van der Waals surface area contributed by atoms with Gasteiger partial charge in [-0.2, -0.15) is 0 Å². The van der Waals surface area contributed by atoms with E-state index in [4.69, 9.17) is 9.84 Å². The molecule has 20 heavy (non-hydrogen) atoms. The van der Waals surface area contributed by atoms with Gasteiger partial charge in [-0.05, 0) is 30.9 Å². The Kier molecular flexibility index (Phi) is 4.55. The molecule has 1 aromatic carbocycles. The molecule has 1 fully saturated rings. The molecule has 1 unspecified atom stereocenters. The van der Waals surface area contributed by atoms with Crippen molar-refractivity contribution in [1.29, 1.82) is 0 Å². The van der Waals surface area contributed by atoms with Gasteiger partial charge in [-0.15, -0.1) is 0 Å². The summed E-state index contributed by atoms with van der Waals surface area (Å²) in [7, 11) is 0. The van der Waals surface area contributed by atoms with Crippen LogP contribution in [0.2, 0.25) is 0 Å². The molecule has 1 amide bonds. The Balaban J connectivity index is 1.75. The average molecular weight is 281 g/mol. The molecule has 1 aromatic rings. The van der Waals surface area contributed by atoms with Crippen LogP contribution in [0.3, 0.4) is 0 Å². The van der Waals surface area contributed by atoms with E-state index < -0.39 is 23.7 Å². The number of halogens is 1. The lowest BCUT2D eigenvalue weighted by atomic mass is 10.2. The van der Waals surface area contributed by atoms with Crippen molar-refractivity contribution < 1.29 is 23.8 Å². The minimum Gasteiger partial charge on any atom is -0.490 e. The van der Waals surface area contributed by atoms with Gasteiger partial charge >= 0.3 is 5.97 Å². The molecule has 0 aliphatic heterocycles. The van der Waals surface area contributed by atoms with Crippen molar-refractivity contribution in [3.8, 4) is 5.75 Å². The van der Waals surface area contributed by atoms with Crippen molar-refractivity contribution in [3.05, 3.63) is 30.1 Å². The first kappa shape index (κ1) is 14.3. The van der Waals surface area contributed by atoms with E-state index in [0.29, 0.717) is 0 Å². The number of nitrogens with one attached hydrogen (secondary N) is 1. The largest absolute Gasteiger partial charge is 0.490 e. The van der Waals surface area contributed by atoms with E-state index in [0.717, 1.165) is 12.8 Å². The summed E-state index contributed by atoms with van der Waals surface area (Å²) in [5.41, 5.74) is 0. The number of para-hydroxylation sites is 1. The van der Waals surface area contributed by atoms with Crippen LogP contribution in [-0.2, 0) is 9.59 Å². The molecule has 1 saturated carbocycles. The molecular formula is C14H16FNO4. The number of ether oxygens (including phenoxy) is 1. The first-order valence-electron chi connectivity index (χ1n) is 6.47. The Morgan fingerprint density at radius 2 is 2.10 bits per heavy atom. The maximum absolute atomic E-state index is 13.2. The highest BCUT2D eigenvalue weighted by molar-refractivity contribution is 5.84. The van der Waals surface area contributed by atoms with Gasteiger partial charge in [0, 0.05) is 0 Å². The molecule has 1 atom stereocenters. The maximum atomic E-state index is 13.2. The number of carbonyl (C=O) groups excluding carboxylic acids is 1. The van der Waals surface area contributed by atoms with Crippen LogP contribution in [0.4, 0.5) is 4.39 Å². The Bertz CT molecular complexity index is 502. The zero-order valence-electron chi connectivity index (χ0n) is 10.8. The second-order valence-electron chi connectivity index (χ2n) is 4.75. The van der Waals surface area contributed by atoms with Crippen molar-refractivity contribution in [2.75, 3.05) is 6.61 Å². The third-order valence-electron chi connectivity index (χ3n) is 3.10. The van der Waals surface area contributed by atoms with Crippen molar-refractivity contribution >= 4 is 11.9 Å². The van der Waals surface area contributed by atoms with E-state index >= 15 is 0 Å². The lowest BCUT2D eigenvalue weighted by Gasteiger charge is -2.13. The molecule has 0 heterocycles. The highest BCUT2D eigenvalue weighted by Crippen LogP contribution is 2.32. The van der Waals surface area contributed by atoms with Crippen LogP contribution in [-0.4, -0.2) is 29.6 Å². The van der Waals surface area contributed by atoms with E-state index in [1.165, 1.54) is 12.1 Å². The summed E-state index contributed by atoms with van der Waals surface area (Å²) in [4.78, 5) is 22.6. The quantitative estimate of drug-likeness (QED) is 0.795.